The van der Waals surface area contributed by atoms with Crippen LogP contribution in [0.3, 0.4) is 0 Å². The number of aromatic nitrogens is 2. The number of aryl methyl sites for hydroxylation is 2. The maximum atomic E-state index is 12.5. The third kappa shape index (κ3) is 5.87. The lowest BCUT2D eigenvalue weighted by molar-refractivity contribution is 0.0526. The molecule has 0 aliphatic carbocycles. The summed E-state index contributed by atoms with van der Waals surface area (Å²) >= 11 is 0. The van der Waals surface area contributed by atoms with Crippen LogP contribution >= 0.6 is 0 Å². The fraction of sp³-hybridized carbons (Fsp3) is 0.185. The third-order valence-electron chi connectivity index (χ3n) is 5.35. The number of nitrogens with zero attached hydrogens (tertiary/aromatic N) is 2. The molecule has 2 N–H and O–H groups in total. The first-order valence-corrected chi connectivity index (χ1v) is 11.4. The molecule has 0 saturated heterocycles. The van der Waals surface area contributed by atoms with Crippen molar-refractivity contribution >= 4 is 29.0 Å². The van der Waals surface area contributed by atoms with E-state index in [0.29, 0.717) is 40.6 Å². The first-order chi connectivity index (χ1) is 17.3. The number of nitrogens with one attached hydrogen (secondary N) is 2. The minimum absolute atomic E-state index is 0.100. The predicted molar refractivity (Wildman–Crippen MR) is 137 cm³/mol. The molecule has 2 amide bonds. The molecule has 0 atom stereocenters. The van der Waals surface area contributed by atoms with Gasteiger partial charge in [0.1, 0.15) is 18.0 Å². The van der Waals surface area contributed by atoms with E-state index in [9.17, 15) is 14.4 Å². The second-order valence-corrected chi connectivity index (χ2v) is 8.16. The molecule has 4 aromatic rings. The van der Waals surface area contributed by atoms with Crippen molar-refractivity contribution in [3.05, 3.63) is 99.6 Å². The number of anilines is 2. The van der Waals surface area contributed by atoms with Crippen LogP contribution in [0.1, 0.15) is 34.1 Å². The number of carbonyl (C=O) groups is 2. The Labute approximate surface area is 207 Å². The number of amides is 2. The number of ether oxygens (including phenoxy) is 2. The summed E-state index contributed by atoms with van der Waals surface area (Å²) in [6, 6.07) is 16.4. The normalized spacial score (nSPS) is 10.6. The molecule has 0 spiro atoms. The average molecular weight is 487 g/mol. The molecule has 0 aliphatic rings. The lowest BCUT2D eigenvalue weighted by atomic mass is 10.2. The fourth-order valence-electron chi connectivity index (χ4n) is 3.51. The van der Waals surface area contributed by atoms with E-state index in [-0.39, 0.29) is 12.2 Å². The molecule has 184 valence electrons. The number of urea groups is 1. The minimum Gasteiger partial charge on any atom is -0.487 e. The van der Waals surface area contributed by atoms with Crippen LogP contribution in [0.5, 0.6) is 5.75 Å². The maximum absolute atomic E-state index is 12.5. The summed E-state index contributed by atoms with van der Waals surface area (Å²) in [4.78, 5) is 41.1. The van der Waals surface area contributed by atoms with Crippen molar-refractivity contribution in [3.8, 4) is 5.75 Å². The predicted octanol–water partition coefficient (Wildman–Crippen LogP) is 4.71. The van der Waals surface area contributed by atoms with Gasteiger partial charge >= 0.3 is 12.0 Å². The molecular formula is C27H26N4O5. The van der Waals surface area contributed by atoms with Gasteiger partial charge in [-0.1, -0.05) is 6.07 Å². The van der Waals surface area contributed by atoms with Gasteiger partial charge in [0.2, 0.25) is 0 Å². The smallest absolute Gasteiger partial charge is 0.338 e. The largest absolute Gasteiger partial charge is 0.487 e. The number of rotatable bonds is 7. The average Bonchev–Trinajstić information content (AvgIpc) is 2.84. The van der Waals surface area contributed by atoms with Crippen LogP contribution in [0.2, 0.25) is 0 Å². The highest BCUT2D eigenvalue weighted by molar-refractivity contribution is 6.00. The highest BCUT2D eigenvalue weighted by atomic mass is 16.5. The Hall–Kier alpha value is -4.66. The van der Waals surface area contributed by atoms with E-state index in [2.05, 4.69) is 15.6 Å². The molecule has 9 heteroatoms. The summed E-state index contributed by atoms with van der Waals surface area (Å²) in [6.07, 6.45) is 1.70. The Morgan fingerprint density at radius 2 is 1.67 bits per heavy atom. The lowest BCUT2D eigenvalue weighted by Gasteiger charge is -2.13. The standard InChI is InChI=1S/C27H26N4O5/c1-4-35-26(33)19-6-9-20(10-7-19)29-27(34)30-21-8-5-18(3)23(14-21)36-16-22-15-25(32)31-12-11-17(2)13-24(31)28-22/h5-15H,4,16H2,1-3H3,(H2,29,30,34). The highest BCUT2D eigenvalue weighted by Gasteiger charge is 2.10. The molecule has 0 saturated carbocycles. The van der Waals surface area contributed by atoms with Crippen LogP contribution in [0.15, 0.2) is 71.7 Å². The quantitative estimate of drug-likeness (QED) is 0.366. The molecule has 2 heterocycles. The molecule has 0 aliphatic heterocycles. The van der Waals surface area contributed by atoms with E-state index >= 15 is 0 Å². The molecule has 2 aromatic heterocycles. The zero-order chi connectivity index (χ0) is 25.7. The van der Waals surface area contributed by atoms with Crippen molar-refractivity contribution < 1.29 is 19.1 Å². The first kappa shape index (κ1) is 24.5. The summed E-state index contributed by atoms with van der Waals surface area (Å²) in [5.41, 5.74) is 4.20. The number of fused-ring (bicyclic) bond motifs is 1. The number of carbonyl (C=O) groups excluding carboxylic acids is 2. The number of benzene rings is 2. The van der Waals surface area contributed by atoms with E-state index in [1.807, 2.05) is 32.0 Å². The summed E-state index contributed by atoms with van der Waals surface area (Å²) in [7, 11) is 0. The summed E-state index contributed by atoms with van der Waals surface area (Å²) < 4.78 is 12.4. The second-order valence-electron chi connectivity index (χ2n) is 8.16. The highest BCUT2D eigenvalue weighted by Crippen LogP contribution is 2.24. The Morgan fingerprint density at radius 1 is 0.944 bits per heavy atom. The monoisotopic (exact) mass is 486 g/mol. The maximum Gasteiger partial charge on any atom is 0.338 e. The van der Waals surface area contributed by atoms with E-state index in [1.54, 1.807) is 49.5 Å². The Morgan fingerprint density at radius 3 is 2.42 bits per heavy atom. The topological polar surface area (TPSA) is 111 Å². The van der Waals surface area contributed by atoms with Gasteiger partial charge in [-0.05, 0) is 74.4 Å². The van der Waals surface area contributed by atoms with Gasteiger partial charge in [-0.25, -0.2) is 14.6 Å². The Balaban J connectivity index is 1.40. The van der Waals surface area contributed by atoms with E-state index in [1.165, 1.54) is 10.5 Å². The van der Waals surface area contributed by atoms with Crippen LogP contribution < -0.4 is 20.9 Å². The molecule has 0 unspecified atom stereocenters. The van der Waals surface area contributed by atoms with Crippen molar-refractivity contribution in [2.75, 3.05) is 17.2 Å². The summed E-state index contributed by atoms with van der Waals surface area (Å²) in [6.45, 7) is 5.95. The van der Waals surface area contributed by atoms with Gasteiger partial charge in [0.05, 0.1) is 17.9 Å². The van der Waals surface area contributed by atoms with E-state index < -0.39 is 12.0 Å². The molecule has 9 nitrogen and oxygen atoms in total. The fourth-order valence-corrected chi connectivity index (χ4v) is 3.51. The van der Waals surface area contributed by atoms with Gasteiger partial charge in [0.15, 0.2) is 0 Å². The number of hydrogen-bond acceptors (Lipinski definition) is 6. The Bertz CT molecular complexity index is 1480. The molecule has 4 rings (SSSR count). The van der Waals surface area contributed by atoms with Crippen LogP contribution in [-0.4, -0.2) is 28.0 Å². The van der Waals surface area contributed by atoms with Crippen molar-refractivity contribution in [3.63, 3.8) is 0 Å². The van der Waals surface area contributed by atoms with E-state index in [0.717, 1.165) is 11.1 Å². The summed E-state index contributed by atoms with van der Waals surface area (Å²) in [5, 5.41) is 5.48. The van der Waals surface area contributed by atoms with E-state index in [4.69, 9.17) is 9.47 Å². The molecule has 0 radical (unpaired) electrons. The SMILES string of the molecule is CCOC(=O)c1ccc(NC(=O)Nc2ccc(C)c(OCc3cc(=O)n4ccc(C)cc4n3)c2)cc1. The van der Waals surface area contributed by atoms with Gasteiger partial charge in [0.25, 0.3) is 5.56 Å². The van der Waals surface area contributed by atoms with Crippen molar-refractivity contribution in [1.29, 1.82) is 0 Å². The third-order valence-corrected chi connectivity index (χ3v) is 5.35. The van der Waals surface area contributed by atoms with Gasteiger partial charge in [-0.15, -0.1) is 0 Å². The van der Waals surface area contributed by atoms with Gasteiger partial charge in [-0.3, -0.25) is 9.20 Å². The first-order valence-electron chi connectivity index (χ1n) is 11.4. The van der Waals surface area contributed by atoms with Crippen LogP contribution in [0, 0.1) is 13.8 Å². The van der Waals surface area contributed by atoms with Crippen LogP contribution in [0.4, 0.5) is 16.2 Å². The lowest BCUT2D eigenvalue weighted by Crippen LogP contribution is -2.19. The van der Waals surface area contributed by atoms with Crippen LogP contribution in [-0.2, 0) is 11.3 Å². The summed E-state index contributed by atoms with van der Waals surface area (Å²) in [5.74, 6) is 0.137. The molecule has 0 fully saturated rings. The number of hydrogen-bond donors (Lipinski definition) is 2. The number of esters is 1. The molecule has 0 bridgehead atoms. The van der Waals surface area contributed by atoms with Gasteiger partial charge in [0, 0.05) is 29.7 Å². The minimum atomic E-state index is -0.451. The molecule has 36 heavy (non-hydrogen) atoms. The van der Waals surface area contributed by atoms with Gasteiger partial charge < -0.3 is 20.1 Å². The zero-order valence-electron chi connectivity index (χ0n) is 20.2. The zero-order valence-corrected chi connectivity index (χ0v) is 20.2. The van der Waals surface area contributed by atoms with Crippen LogP contribution in [0.25, 0.3) is 5.65 Å². The Kier molecular flexibility index (Phi) is 7.29. The van der Waals surface area contributed by atoms with Gasteiger partial charge in [-0.2, -0.15) is 0 Å². The van der Waals surface area contributed by atoms with Crippen molar-refractivity contribution in [2.24, 2.45) is 0 Å². The van der Waals surface area contributed by atoms with Crippen molar-refractivity contribution in [2.45, 2.75) is 27.4 Å². The molecule has 2 aromatic carbocycles. The molecular weight excluding hydrogens is 460 g/mol. The van der Waals surface area contributed by atoms with Crippen molar-refractivity contribution in [1.82, 2.24) is 9.38 Å². The second kappa shape index (κ2) is 10.7. The number of pyridine rings is 1.